The van der Waals surface area contributed by atoms with Gasteiger partial charge in [-0.15, -0.1) is 10.2 Å². The van der Waals surface area contributed by atoms with Crippen molar-refractivity contribution in [2.45, 2.75) is 22.9 Å². The predicted molar refractivity (Wildman–Crippen MR) is 125 cm³/mol. The van der Waals surface area contributed by atoms with Crippen LogP contribution in [0.15, 0.2) is 77.1 Å². The number of piperidine rings is 1. The Labute approximate surface area is 191 Å². The monoisotopic (exact) mass is 447 g/mol. The lowest BCUT2D eigenvalue weighted by Gasteiger charge is -2.30. The zero-order chi connectivity index (χ0) is 22.3. The number of nitrogens with zero attached hydrogens (tertiary/aromatic N) is 4. The average Bonchev–Trinajstić information content (AvgIpc) is 3.23. The first-order chi connectivity index (χ1) is 15.6. The molecule has 32 heavy (non-hydrogen) atoms. The molecule has 164 valence electrons. The Bertz CT molecular complexity index is 1090. The number of carbonyl (C=O) groups is 2. The highest BCUT2D eigenvalue weighted by atomic mass is 32.2. The third-order valence-corrected chi connectivity index (χ3v) is 6.46. The highest BCUT2D eigenvalue weighted by Gasteiger charge is 2.26. The SMILES string of the molecule is Cn1cnnc1Sc1ccc(NC(=O)C2CCN(C(=O)/C=C/c3ccccc3)CC2)cc1. The molecule has 0 atom stereocenters. The van der Waals surface area contributed by atoms with Crippen LogP contribution in [0.3, 0.4) is 0 Å². The van der Waals surface area contributed by atoms with Gasteiger partial charge in [0.15, 0.2) is 5.16 Å². The first-order valence-electron chi connectivity index (χ1n) is 10.5. The smallest absolute Gasteiger partial charge is 0.246 e. The van der Waals surface area contributed by atoms with Gasteiger partial charge in [-0.05, 0) is 60.5 Å². The van der Waals surface area contributed by atoms with Gasteiger partial charge in [-0.2, -0.15) is 0 Å². The predicted octanol–water partition coefficient (Wildman–Crippen LogP) is 3.86. The summed E-state index contributed by atoms with van der Waals surface area (Å²) < 4.78 is 1.86. The molecule has 1 aromatic heterocycles. The molecule has 2 amide bonds. The second-order valence-corrected chi connectivity index (χ2v) is 8.72. The van der Waals surface area contributed by atoms with E-state index in [2.05, 4.69) is 15.5 Å². The summed E-state index contributed by atoms with van der Waals surface area (Å²) in [6, 6.07) is 17.4. The third kappa shape index (κ3) is 5.64. The summed E-state index contributed by atoms with van der Waals surface area (Å²) in [7, 11) is 1.90. The average molecular weight is 448 g/mol. The van der Waals surface area contributed by atoms with E-state index in [1.807, 2.05) is 77.2 Å². The van der Waals surface area contributed by atoms with Gasteiger partial charge in [0.1, 0.15) is 6.33 Å². The van der Waals surface area contributed by atoms with Crippen molar-refractivity contribution in [3.63, 3.8) is 0 Å². The summed E-state index contributed by atoms with van der Waals surface area (Å²) in [6.45, 7) is 1.17. The number of benzene rings is 2. The van der Waals surface area contributed by atoms with Crippen molar-refractivity contribution in [3.8, 4) is 0 Å². The van der Waals surface area contributed by atoms with Gasteiger partial charge in [0.2, 0.25) is 11.8 Å². The molecule has 2 heterocycles. The molecule has 4 rings (SSSR count). The minimum absolute atomic E-state index is 0.00521. The first-order valence-corrected chi connectivity index (χ1v) is 11.3. The van der Waals surface area contributed by atoms with Gasteiger partial charge in [-0.1, -0.05) is 30.3 Å². The Kier molecular flexibility index (Phi) is 7.01. The van der Waals surface area contributed by atoms with Crippen LogP contribution >= 0.6 is 11.8 Å². The Hall–Kier alpha value is -3.39. The van der Waals surface area contributed by atoms with Crippen LogP contribution in [0.1, 0.15) is 18.4 Å². The molecule has 0 spiro atoms. The fraction of sp³-hybridized carbons (Fsp3) is 0.250. The number of likely N-dealkylation sites (tertiary alicyclic amines) is 1. The van der Waals surface area contributed by atoms with E-state index in [-0.39, 0.29) is 17.7 Å². The van der Waals surface area contributed by atoms with E-state index in [0.29, 0.717) is 25.9 Å². The van der Waals surface area contributed by atoms with Crippen LogP contribution in [0, 0.1) is 5.92 Å². The molecule has 3 aromatic rings. The molecule has 1 N–H and O–H groups in total. The van der Waals surface area contributed by atoms with Crippen molar-refractivity contribution in [1.82, 2.24) is 19.7 Å². The molecule has 0 unspecified atom stereocenters. The quantitative estimate of drug-likeness (QED) is 0.581. The lowest BCUT2D eigenvalue weighted by atomic mass is 9.95. The largest absolute Gasteiger partial charge is 0.339 e. The van der Waals surface area contributed by atoms with Crippen LogP contribution in [0.25, 0.3) is 6.08 Å². The summed E-state index contributed by atoms with van der Waals surface area (Å²) in [5.74, 6) is -0.0980. The molecule has 1 saturated heterocycles. The van der Waals surface area contributed by atoms with Crippen LogP contribution in [-0.4, -0.2) is 44.6 Å². The molecule has 2 aromatic carbocycles. The molecular weight excluding hydrogens is 422 g/mol. The Morgan fingerprint density at radius 3 is 2.44 bits per heavy atom. The van der Waals surface area contributed by atoms with E-state index in [1.165, 1.54) is 11.8 Å². The molecular formula is C24H25N5O2S. The second-order valence-electron chi connectivity index (χ2n) is 7.68. The van der Waals surface area contributed by atoms with E-state index < -0.39 is 0 Å². The van der Waals surface area contributed by atoms with Crippen molar-refractivity contribution in [1.29, 1.82) is 0 Å². The van der Waals surface area contributed by atoms with Crippen molar-refractivity contribution in [3.05, 3.63) is 72.6 Å². The topological polar surface area (TPSA) is 80.1 Å². The molecule has 0 bridgehead atoms. The summed E-state index contributed by atoms with van der Waals surface area (Å²) in [5.41, 5.74) is 1.76. The number of carbonyl (C=O) groups excluding carboxylic acids is 2. The second kappa shape index (κ2) is 10.3. The highest BCUT2D eigenvalue weighted by molar-refractivity contribution is 7.99. The van der Waals surface area contributed by atoms with E-state index >= 15 is 0 Å². The van der Waals surface area contributed by atoms with Crippen molar-refractivity contribution in [2.24, 2.45) is 13.0 Å². The van der Waals surface area contributed by atoms with E-state index in [0.717, 1.165) is 21.3 Å². The van der Waals surface area contributed by atoms with Crippen LogP contribution < -0.4 is 5.32 Å². The number of hydrogen-bond acceptors (Lipinski definition) is 5. The van der Waals surface area contributed by atoms with Gasteiger partial charge in [-0.25, -0.2) is 0 Å². The van der Waals surface area contributed by atoms with Gasteiger partial charge in [0, 0.05) is 42.7 Å². The van der Waals surface area contributed by atoms with Gasteiger partial charge in [0.05, 0.1) is 0 Å². The summed E-state index contributed by atoms with van der Waals surface area (Å²) in [6.07, 6.45) is 6.42. The zero-order valence-corrected chi connectivity index (χ0v) is 18.7. The molecule has 8 heteroatoms. The first kappa shape index (κ1) is 21.8. The number of amides is 2. The maximum Gasteiger partial charge on any atom is 0.246 e. The van der Waals surface area contributed by atoms with Gasteiger partial charge in [0.25, 0.3) is 0 Å². The van der Waals surface area contributed by atoms with Crippen LogP contribution in [0.4, 0.5) is 5.69 Å². The number of anilines is 1. The summed E-state index contributed by atoms with van der Waals surface area (Å²) in [4.78, 5) is 27.9. The highest BCUT2D eigenvalue weighted by Crippen LogP contribution is 2.27. The van der Waals surface area contributed by atoms with Crippen LogP contribution in [0.5, 0.6) is 0 Å². The minimum Gasteiger partial charge on any atom is -0.339 e. The Morgan fingerprint density at radius 2 is 1.78 bits per heavy atom. The number of aryl methyl sites for hydroxylation is 1. The lowest BCUT2D eigenvalue weighted by Crippen LogP contribution is -2.40. The third-order valence-electron chi connectivity index (χ3n) is 5.40. The van der Waals surface area contributed by atoms with Gasteiger partial charge >= 0.3 is 0 Å². The minimum atomic E-state index is -0.0927. The molecule has 1 aliphatic rings. The molecule has 7 nitrogen and oxygen atoms in total. The van der Waals surface area contributed by atoms with Crippen molar-refractivity contribution < 1.29 is 9.59 Å². The number of rotatable bonds is 6. The molecule has 0 saturated carbocycles. The van der Waals surface area contributed by atoms with Gasteiger partial charge < -0.3 is 14.8 Å². The number of hydrogen-bond donors (Lipinski definition) is 1. The lowest BCUT2D eigenvalue weighted by molar-refractivity contribution is -0.130. The number of nitrogens with one attached hydrogen (secondary N) is 1. The standard InChI is InChI=1S/C24H25N5O2S/c1-28-17-25-27-24(28)32-21-10-8-20(9-11-21)26-23(31)19-13-15-29(16-14-19)22(30)12-7-18-5-3-2-4-6-18/h2-12,17,19H,13-16H2,1H3,(H,26,31)/b12-7+. The van der Waals surface area contributed by atoms with Crippen LogP contribution in [0.2, 0.25) is 0 Å². The fourth-order valence-electron chi connectivity index (χ4n) is 3.52. The zero-order valence-electron chi connectivity index (χ0n) is 17.8. The van der Waals surface area contributed by atoms with Crippen molar-refractivity contribution in [2.75, 3.05) is 18.4 Å². The maximum absolute atomic E-state index is 12.7. The Balaban J connectivity index is 1.25. The molecule has 1 fully saturated rings. The summed E-state index contributed by atoms with van der Waals surface area (Å²) in [5, 5.41) is 11.7. The molecule has 1 aliphatic heterocycles. The maximum atomic E-state index is 12.7. The number of aromatic nitrogens is 3. The summed E-state index contributed by atoms with van der Waals surface area (Å²) >= 11 is 1.52. The normalized spacial score (nSPS) is 14.6. The Morgan fingerprint density at radius 1 is 1.06 bits per heavy atom. The van der Waals surface area contributed by atoms with E-state index in [4.69, 9.17) is 0 Å². The fourth-order valence-corrected chi connectivity index (χ4v) is 4.28. The van der Waals surface area contributed by atoms with E-state index in [1.54, 1.807) is 12.4 Å². The molecule has 0 aliphatic carbocycles. The molecule has 0 radical (unpaired) electrons. The van der Waals surface area contributed by atoms with E-state index in [9.17, 15) is 9.59 Å². The van der Waals surface area contributed by atoms with Crippen LogP contribution in [-0.2, 0) is 16.6 Å². The van der Waals surface area contributed by atoms with Crippen molar-refractivity contribution >= 4 is 35.3 Å². The van der Waals surface area contributed by atoms with Gasteiger partial charge in [-0.3, -0.25) is 9.59 Å².